The summed E-state index contributed by atoms with van der Waals surface area (Å²) in [6.45, 7) is 4.38. The molecule has 0 atom stereocenters. The number of ether oxygens (including phenoxy) is 1. The Morgan fingerprint density at radius 2 is 2.00 bits per heavy atom. The summed E-state index contributed by atoms with van der Waals surface area (Å²) in [5, 5.41) is 11.0. The molecule has 27 heavy (non-hydrogen) atoms. The molecule has 2 aromatic carbocycles. The number of hydrogen-bond donors (Lipinski definition) is 2. The number of thiocarbonyl (C=S) groups is 1. The molecule has 1 aromatic heterocycles. The van der Waals surface area contributed by atoms with Gasteiger partial charge in [0.2, 0.25) is 11.7 Å². The van der Waals surface area contributed by atoms with Crippen LogP contribution >= 0.6 is 23.8 Å². The zero-order valence-corrected chi connectivity index (χ0v) is 15.9. The zero-order chi connectivity index (χ0) is 19.1. The highest BCUT2D eigenvalue weighted by atomic mass is 35.5. The van der Waals surface area contributed by atoms with Gasteiger partial charge >= 0.3 is 0 Å². The third kappa shape index (κ3) is 5.29. The van der Waals surface area contributed by atoms with Crippen molar-refractivity contribution in [2.75, 3.05) is 11.9 Å². The molecule has 0 amide bonds. The van der Waals surface area contributed by atoms with Crippen molar-refractivity contribution in [1.29, 1.82) is 0 Å². The lowest BCUT2D eigenvalue weighted by molar-refractivity contribution is 0.363. The maximum atomic E-state index is 6.14. The number of nitrogens with zero attached hydrogens (tertiary/aromatic N) is 2. The number of rotatable bonds is 7. The molecule has 0 spiro atoms. The van der Waals surface area contributed by atoms with Crippen molar-refractivity contribution in [1.82, 2.24) is 15.5 Å². The first kappa shape index (κ1) is 18.9. The smallest absolute Gasteiger partial charge is 0.246 e. The van der Waals surface area contributed by atoms with Gasteiger partial charge in [-0.15, -0.1) is 0 Å². The second kappa shape index (κ2) is 9.16. The number of aromatic nitrogens is 2. The molecule has 0 fully saturated rings. The van der Waals surface area contributed by atoms with E-state index in [-0.39, 0.29) is 0 Å². The molecular formula is C19H17ClN4O2S. The fraction of sp³-hybridized carbons (Fsp3) is 0.105. The average molecular weight is 401 g/mol. The van der Waals surface area contributed by atoms with E-state index in [1.807, 2.05) is 42.5 Å². The quantitative estimate of drug-likeness (QED) is 0.448. The lowest BCUT2D eigenvalue weighted by Gasteiger charge is -2.09. The van der Waals surface area contributed by atoms with Crippen LogP contribution in [0.4, 0.5) is 5.69 Å². The minimum atomic E-state index is 0.295. The van der Waals surface area contributed by atoms with Crippen molar-refractivity contribution in [3.63, 3.8) is 0 Å². The fourth-order valence-electron chi connectivity index (χ4n) is 2.20. The third-order valence-corrected chi connectivity index (χ3v) is 4.04. The van der Waals surface area contributed by atoms with E-state index in [4.69, 9.17) is 33.1 Å². The predicted molar refractivity (Wildman–Crippen MR) is 110 cm³/mol. The second-order valence-electron chi connectivity index (χ2n) is 5.42. The van der Waals surface area contributed by atoms with Crippen LogP contribution in [0.1, 0.15) is 5.89 Å². The van der Waals surface area contributed by atoms with E-state index in [9.17, 15) is 0 Å². The Morgan fingerprint density at radius 3 is 2.74 bits per heavy atom. The molecule has 1 heterocycles. The molecule has 138 valence electrons. The molecule has 6 nitrogen and oxygen atoms in total. The van der Waals surface area contributed by atoms with Gasteiger partial charge in [-0.1, -0.05) is 41.5 Å². The van der Waals surface area contributed by atoms with Crippen LogP contribution < -0.4 is 15.4 Å². The SMILES string of the molecule is C=CCOc1ccc(NC(=S)NCc2nc(-c3ccccc3Cl)no2)cc1. The molecule has 0 bridgehead atoms. The summed E-state index contributed by atoms with van der Waals surface area (Å²) in [6, 6.07) is 14.8. The van der Waals surface area contributed by atoms with E-state index in [1.165, 1.54) is 0 Å². The third-order valence-electron chi connectivity index (χ3n) is 3.46. The minimum absolute atomic E-state index is 0.295. The maximum Gasteiger partial charge on any atom is 0.246 e. The summed E-state index contributed by atoms with van der Waals surface area (Å²) < 4.78 is 10.7. The van der Waals surface area contributed by atoms with Gasteiger partial charge in [0.15, 0.2) is 5.11 Å². The molecule has 3 aromatic rings. The summed E-state index contributed by atoms with van der Waals surface area (Å²) in [4.78, 5) is 4.32. The number of nitrogens with one attached hydrogen (secondary N) is 2. The Bertz CT molecular complexity index is 927. The van der Waals surface area contributed by atoms with Crippen LogP contribution in [0.5, 0.6) is 5.75 Å². The first-order valence-electron chi connectivity index (χ1n) is 8.12. The average Bonchev–Trinajstić information content (AvgIpc) is 3.15. The van der Waals surface area contributed by atoms with Gasteiger partial charge in [0.05, 0.1) is 11.6 Å². The van der Waals surface area contributed by atoms with Crippen LogP contribution in [-0.2, 0) is 6.54 Å². The molecule has 0 aliphatic carbocycles. The van der Waals surface area contributed by atoms with Gasteiger partial charge in [-0.05, 0) is 48.6 Å². The van der Waals surface area contributed by atoms with Crippen molar-refractivity contribution in [2.24, 2.45) is 0 Å². The molecule has 0 saturated heterocycles. The van der Waals surface area contributed by atoms with Crippen molar-refractivity contribution in [3.8, 4) is 17.1 Å². The van der Waals surface area contributed by atoms with Gasteiger partial charge in [0.1, 0.15) is 12.4 Å². The van der Waals surface area contributed by atoms with Gasteiger partial charge in [0, 0.05) is 11.3 Å². The Hall–Kier alpha value is -2.90. The largest absolute Gasteiger partial charge is 0.490 e. The lowest BCUT2D eigenvalue weighted by atomic mass is 10.2. The highest BCUT2D eigenvalue weighted by molar-refractivity contribution is 7.80. The summed E-state index contributed by atoms with van der Waals surface area (Å²) in [7, 11) is 0. The van der Waals surface area contributed by atoms with Crippen molar-refractivity contribution in [3.05, 3.63) is 72.1 Å². The molecule has 2 N–H and O–H groups in total. The molecular weight excluding hydrogens is 384 g/mol. The first-order valence-corrected chi connectivity index (χ1v) is 8.90. The van der Waals surface area contributed by atoms with E-state index in [1.54, 1.807) is 12.1 Å². The fourth-order valence-corrected chi connectivity index (χ4v) is 2.61. The van der Waals surface area contributed by atoms with Crippen LogP contribution in [0.2, 0.25) is 5.02 Å². The van der Waals surface area contributed by atoms with Gasteiger partial charge in [0.25, 0.3) is 0 Å². The van der Waals surface area contributed by atoms with E-state index < -0.39 is 0 Å². The molecule has 0 radical (unpaired) electrons. The molecule has 8 heteroatoms. The Morgan fingerprint density at radius 1 is 1.22 bits per heavy atom. The Labute approximate surface area is 167 Å². The van der Waals surface area contributed by atoms with Crippen molar-refractivity contribution < 1.29 is 9.26 Å². The van der Waals surface area contributed by atoms with Crippen LogP contribution in [-0.4, -0.2) is 21.9 Å². The number of hydrogen-bond acceptors (Lipinski definition) is 5. The highest BCUT2D eigenvalue weighted by Crippen LogP contribution is 2.24. The second-order valence-corrected chi connectivity index (χ2v) is 6.24. The molecule has 3 rings (SSSR count). The summed E-state index contributed by atoms with van der Waals surface area (Å²) in [6.07, 6.45) is 1.69. The molecule has 0 saturated carbocycles. The van der Waals surface area contributed by atoms with Gasteiger partial charge in [-0.2, -0.15) is 4.98 Å². The number of halogens is 1. The van der Waals surface area contributed by atoms with Gasteiger partial charge < -0.3 is 19.9 Å². The van der Waals surface area contributed by atoms with Crippen LogP contribution in [0.3, 0.4) is 0 Å². The topological polar surface area (TPSA) is 72.2 Å². The lowest BCUT2D eigenvalue weighted by Crippen LogP contribution is -2.27. The van der Waals surface area contributed by atoms with Crippen molar-refractivity contribution in [2.45, 2.75) is 6.54 Å². The first-order chi connectivity index (χ1) is 13.2. The van der Waals surface area contributed by atoms with Crippen molar-refractivity contribution >= 4 is 34.6 Å². The number of anilines is 1. The van der Waals surface area contributed by atoms with Crippen LogP contribution in [0, 0.1) is 0 Å². The zero-order valence-electron chi connectivity index (χ0n) is 14.3. The van der Waals surface area contributed by atoms with E-state index in [0.717, 1.165) is 11.4 Å². The molecule has 0 unspecified atom stereocenters. The monoisotopic (exact) mass is 400 g/mol. The van der Waals surface area contributed by atoms with E-state index >= 15 is 0 Å². The van der Waals surface area contributed by atoms with E-state index in [0.29, 0.717) is 40.6 Å². The molecule has 0 aliphatic rings. The van der Waals surface area contributed by atoms with Crippen LogP contribution in [0.25, 0.3) is 11.4 Å². The van der Waals surface area contributed by atoms with Gasteiger partial charge in [-0.25, -0.2) is 0 Å². The summed E-state index contributed by atoms with van der Waals surface area (Å²) in [5.74, 6) is 1.60. The minimum Gasteiger partial charge on any atom is -0.490 e. The van der Waals surface area contributed by atoms with Crippen LogP contribution in [0.15, 0.2) is 65.7 Å². The highest BCUT2D eigenvalue weighted by Gasteiger charge is 2.11. The summed E-state index contributed by atoms with van der Waals surface area (Å²) in [5.41, 5.74) is 1.55. The molecule has 0 aliphatic heterocycles. The normalized spacial score (nSPS) is 10.3. The Kier molecular flexibility index (Phi) is 6.40. The van der Waals surface area contributed by atoms with Gasteiger partial charge in [-0.3, -0.25) is 0 Å². The number of benzene rings is 2. The Balaban J connectivity index is 1.52. The summed E-state index contributed by atoms with van der Waals surface area (Å²) >= 11 is 11.4. The van der Waals surface area contributed by atoms with E-state index in [2.05, 4.69) is 27.4 Å². The predicted octanol–water partition coefficient (Wildman–Crippen LogP) is 4.44. The maximum absolute atomic E-state index is 6.14. The standard InChI is InChI=1S/C19H17ClN4O2S/c1-2-11-25-14-9-7-13(8-10-14)22-19(27)21-12-17-23-18(24-26-17)15-5-3-4-6-16(15)20/h2-10H,1,11-12H2,(H2,21,22,27).